The van der Waals surface area contributed by atoms with Gasteiger partial charge in [0.1, 0.15) is 24.2 Å². The number of halogens is 3. The third-order valence-electron chi connectivity index (χ3n) is 3.56. The molecule has 25 heavy (non-hydrogen) atoms. The van der Waals surface area contributed by atoms with Crippen LogP contribution in [0.3, 0.4) is 0 Å². The number of carbonyl (C=O) groups excluding carboxylic acids is 1. The molecule has 0 aliphatic carbocycles. The van der Waals surface area contributed by atoms with Gasteiger partial charge >= 0.3 is 6.18 Å². The van der Waals surface area contributed by atoms with Gasteiger partial charge < -0.3 is 14.3 Å². The van der Waals surface area contributed by atoms with Crippen LogP contribution in [-0.4, -0.2) is 45.0 Å². The Morgan fingerprint density at radius 2 is 2.12 bits per heavy atom. The van der Waals surface area contributed by atoms with Crippen molar-refractivity contribution in [2.75, 3.05) is 13.1 Å². The van der Waals surface area contributed by atoms with E-state index in [1.807, 2.05) is 0 Å². The van der Waals surface area contributed by atoms with Crippen LogP contribution in [0.1, 0.15) is 25.3 Å². The first-order valence-electron chi connectivity index (χ1n) is 7.63. The van der Waals surface area contributed by atoms with Gasteiger partial charge in [0.2, 0.25) is 0 Å². The second-order valence-corrected chi connectivity index (χ2v) is 5.47. The van der Waals surface area contributed by atoms with Crippen LogP contribution in [0.15, 0.2) is 35.1 Å². The lowest BCUT2D eigenvalue weighted by Gasteiger charge is -2.22. The van der Waals surface area contributed by atoms with Crippen molar-refractivity contribution in [3.63, 3.8) is 0 Å². The average molecular weight is 354 g/mol. The number of carbonyl (C=O) groups is 1. The molecule has 3 aromatic rings. The molecule has 0 bridgehead atoms. The number of amides is 1. The fourth-order valence-corrected chi connectivity index (χ4v) is 2.54. The summed E-state index contributed by atoms with van der Waals surface area (Å²) in [7, 11) is 0. The minimum absolute atomic E-state index is 0. The Kier molecular flexibility index (Phi) is 4.47. The first kappa shape index (κ1) is 17.0. The lowest BCUT2D eigenvalue weighted by molar-refractivity contribution is -0.140. The molecule has 0 spiro atoms. The molecule has 3 heterocycles. The summed E-state index contributed by atoms with van der Waals surface area (Å²) in [6.45, 7) is 0.378. The van der Waals surface area contributed by atoms with Crippen molar-refractivity contribution in [1.82, 2.24) is 19.9 Å². The van der Waals surface area contributed by atoms with Gasteiger partial charge in [-0.25, -0.2) is 9.97 Å². The molecule has 3 aromatic heterocycles. The van der Waals surface area contributed by atoms with E-state index in [0.29, 0.717) is 28.9 Å². The third-order valence-corrected chi connectivity index (χ3v) is 3.56. The topological polar surface area (TPSA) is 75.0 Å². The molecule has 0 aliphatic heterocycles. The van der Waals surface area contributed by atoms with Gasteiger partial charge in [-0.2, -0.15) is 13.2 Å². The SMILES string of the molecule is CCCN(CC(F)(F)F)C(=O)c1ccc(-c2ncnc3[nH]ccc23)o1.[HH]. The van der Waals surface area contributed by atoms with Crippen LogP contribution in [-0.2, 0) is 0 Å². The monoisotopic (exact) mass is 354 g/mol. The minimum atomic E-state index is -4.47. The summed E-state index contributed by atoms with van der Waals surface area (Å²) >= 11 is 0. The highest BCUT2D eigenvalue weighted by molar-refractivity contribution is 5.93. The van der Waals surface area contributed by atoms with Crippen LogP contribution < -0.4 is 0 Å². The number of hydrogen-bond acceptors (Lipinski definition) is 4. The van der Waals surface area contributed by atoms with Gasteiger partial charge in [0.05, 0.1) is 0 Å². The Labute approximate surface area is 142 Å². The van der Waals surface area contributed by atoms with Crippen molar-refractivity contribution in [3.05, 3.63) is 36.5 Å². The molecule has 3 rings (SSSR count). The highest BCUT2D eigenvalue weighted by atomic mass is 19.4. The number of alkyl halides is 3. The van der Waals surface area contributed by atoms with Gasteiger partial charge in [-0.05, 0) is 24.6 Å². The molecule has 1 amide bonds. The lowest BCUT2D eigenvalue weighted by atomic mass is 10.2. The van der Waals surface area contributed by atoms with E-state index in [1.54, 1.807) is 19.2 Å². The number of hydrogen-bond donors (Lipinski definition) is 1. The van der Waals surface area contributed by atoms with E-state index in [0.717, 1.165) is 4.90 Å². The third kappa shape index (κ3) is 3.65. The lowest BCUT2D eigenvalue weighted by Crippen LogP contribution is -2.39. The number of furan rings is 1. The van der Waals surface area contributed by atoms with Crippen LogP contribution in [0.2, 0.25) is 0 Å². The van der Waals surface area contributed by atoms with Crippen LogP contribution in [0.5, 0.6) is 0 Å². The van der Waals surface area contributed by atoms with Crippen molar-refractivity contribution in [1.29, 1.82) is 0 Å². The number of nitrogens with one attached hydrogen (secondary N) is 1. The first-order chi connectivity index (χ1) is 11.9. The van der Waals surface area contributed by atoms with E-state index in [9.17, 15) is 18.0 Å². The zero-order valence-electron chi connectivity index (χ0n) is 13.3. The number of aromatic amines is 1. The van der Waals surface area contributed by atoms with Crippen LogP contribution in [0.25, 0.3) is 22.5 Å². The van der Waals surface area contributed by atoms with E-state index in [1.165, 1.54) is 18.5 Å². The number of nitrogens with zero attached hydrogens (tertiary/aromatic N) is 3. The van der Waals surface area contributed by atoms with Gasteiger partial charge in [-0.15, -0.1) is 0 Å². The molecular weight excluding hydrogens is 337 g/mol. The van der Waals surface area contributed by atoms with Gasteiger partial charge in [0.15, 0.2) is 11.5 Å². The Morgan fingerprint density at radius 3 is 2.84 bits per heavy atom. The van der Waals surface area contributed by atoms with E-state index >= 15 is 0 Å². The van der Waals surface area contributed by atoms with Crippen molar-refractivity contribution >= 4 is 16.9 Å². The fraction of sp³-hybridized carbons (Fsp3) is 0.312. The molecule has 0 saturated carbocycles. The molecule has 9 heteroatoms. The largest absolute Gasteiger partial charge is 0.449 e. The van der Waals surface area contributed by atoms with Crippen LogP contribution in [0, 0.1) is 0 Å². The Hall–Kier alpha value is -2.84. The van der Waals surface area contributed by atoms with Crippen molar-refractivity contribution in [2.24, 2.45) is 0 Å². The first-order valence-corrected chi connectivity index (χ1v) is 7.63. The summed E-state index contributed by atoms with van der Waals surface area (Å²) in [4.78, 5) is 24.2. The summed E-state index contributed by atoms with van der Waals surface area (Å²) in [6.07, 6.45) is -1.04. The van der Waals surface area contributed by atoms with Crippen molar-refractivity contribution in [2.45, 2.75) is 19.5 Å². The molecule has 1 N–H and O–H groups in total. The summed E-state index contributed by atoms with van der Waals surface area (Å²) in [5, 5.41) is 0.691. The molecule has 6 nitrogen and oxygen atoms in total. The quantitative estimate of drug-likeness (QED) is 0.754. The Bertz CT molecular complexity index is 891. The predicted molar refractivity (Wildman–Crippen MR) is 86.0 cm³/mol. The van der Waals surface area contributed by atoms with Crippen LogP contribution >= 0.6 is 0 Å². The van der Waals surface area contributed by atoms with Crippen LogP contribution in [0.4, 0.5) is 13.2 Å². The second kappa shape index (κ2) is 6.58. The Balaban J connectivity index is 0.00000243. The van der Waals surface area contributed by atoms with E-state index < -0.39 is 18.6 Å². The smallest absolute Gasteiger partial charge is 0.406 e. The minimum Gasteiger partial charge on any atom is -0.449 e. The van der Waals surface area contributed by atoms with Gasteiger partial charge in [-0.3, -0.25) is 4.79 Å². The highest BCUT2D eigenvalue weighted by Crippen LogP contribution is 2.27. The van der Waals surface area contributed by atoms with Gasteiger partial charge in [-0.1, -0.05) is 6.92 Å². The number of fused-ring (bicyclic) bond motifs is 1. The molecular formula is C16H17F3N4O2. The summed E-state index contributed by atoms with van der Waals surface area (Å²) in [6, 6.07) is 4.62. The zero-order valence-corrected chi connectivity index (χ0v) is 13.3. The average Bonchev–Trinajstić information content (AvgIpc) is 3.21. The fourth-order valence-electron chi connectivity index (χ4n) is 2.54. The van der Waals surface area contributed by atoms with Crippen molar-refractivity contribution < 1.29 is 23.8 Å². The number of aromatic nitrogens is 3. The summed E-state index contributed by atoms with van der Waals surface area (Å²) in [5.41, 5.74) is 1.06. The standard InChI is InChI=1S/C16H15F3N4O2.H2/c1-2-7-23(8-16(17,18)19)15(24)12-4-3-11(25-12)13-10-5-6-20-14(10)22-9-21-13;/h3-6,9H,2,7-8H2,1H3,(H,20,21,22);1H. The molecule has 0 saturated heterocycles. The molecule has 0 unspecified atom stereocenters. The molecule has 0 radical (unpaired) electrons. The number of rotatable bonds is 5. The summed E-state index contributed by atoms with van der Waals surface area (Å²) in [5.74, 6) is -0.668. The second-order valence-electron chi connectivity index (χ2n) is 5.47. The maximum atomic E-state index is 12.7. The van der Waals surface area contributed by atoms with E-state index in [2.05, 4.69) is 15.0 Å². The zero-order chi connectivity index (χ0) is 18.0. The highest BCUT2D eigenvalue weighted by Gasteiger charge is 2.34. The Morgan fingerprint density at radius 1 is 1.32 bits per heavy atom. The molecule has 0 fully saturated rings. The van der Waals surface area contributed by atoms with E-state index in [4.69, 9.17) is 4.42 Å². The summed E-state index contributed by atoms with van der Waals surface area (Å²) < 4.78 is 43.5. The molecule has 0 aromatic carbocycles. The molecule has 0 aliphatic rings. The maximum Gasteiger partial charge on any atom is 0.406 e. The van der Waals surface area contributed by atoms with Gasteiger partial charge in [0.25, 0.3) is 5.91 Å². The number of H-pyrrole nitrogens is 1. The van der Waals surface area contributed by atoms with E-state index in [-0.39, 0.29) is 13.7 Å². The normalized spacial score (nSPS) is 11.8. The predicted octanol–water partition coefficient (Wildman–Crippen LogP) is 3.88. The molecule has 134 valence electrons. The molecule has 0 atom stereocenters. The maximum absolute atomic E-state index is 12.7. The van der Waals surface area contributed by atoms with Gasteiger partial charge in [0, 0.05) is 19.6 Å². The van der Waals surface area contributed by atoms with Crippen molar-refractivity contribution in [3.8, 4) is 11.5 Å².